The summed E-state index contributed by atoms with van der Waals surface area (Å²) in [5, 5.41) is 0. The van der Waals surface area contributed by atoms with Crippen molar-refractivity contribution in [2.75, 3.05) is 0 Å². The van der Waals surface area contributed by atoms with Gasteiger partial charge in [-0.3, -0.25) is 0 Å². The molecule has 1 radical (unpaired) electrons. The third-order valence-electron chi connectivity index (χ3n) is 2.36. The van der Waals surface area contributed by atoms with Crippen LogP contribution >= 0.6 is 0 Å². The first-order valence-corrected chi connectivity index (χ1v) is 4.15. The van der Waals surface area contributed by atoms with Crippen LogP contribution in [0.5, 0.6) is 0 Å². The largest absolute Gasteiger partial charge is 0.218 e. The Morgan fingerprint density at radius 1 is 1.17 bits per heavy atom. The van der Waals surface area contributed by atoms with E-state index in [1.165, 1.54) is 16.7 Å². The molecular formula is C11H17Y-. The summed E-state index contributed by atoms with van der Waals surface area (Å²) in [6, 6.07) is 0. The van der Waals surface area contributed by atoms with Crippen molar-refractivity contribution in [2.45, 2.75) is 34.6 Å². The standard InChI is InChI=1S/C11H17.Y/c1-8-6-11(4,5)7-9(2)10(8)3;/h6-7H,1-5H3;/q-1;. The molecule has 0 amide bonds. The molecule has 0 aromatic rings. The fraction of sp³-hybridized carbons (Fsp3) is 0.545. The Morgan fingerprint density at radius 3 is 2.08 bits per heavy atom. The average molecular weight is 238 g/mol. The van der Waals surface area contributed by atoms with E-state index in [1.54, 1.807) is 0 Å². The van der Waals surface area contributed by atoms with Crippen LogP contribution in [0.3, 0.4) is 0 Å². The zero-order valence-corrected chi connectivity index (χ0v) is 11.6. The molecule has 0 saturated carbocycles. The molecule has 0 aliphatic heterocycles. The van der Waals surface area contributed by atoms with Crippen molar-refractivity contribution >= 4 is 0 Å². The molecule has 0 atom stereocenters. The maximum Gasteiger partial charge on any atom is 0 e. The van der Waals surface area contributed by atoms with Gasteiger partial charge in [-0.05, 0) is 0 Å². The second kappa shape index (κ2) is 4.11. The van der Waals surface area contributed by atoms with Gasteiger partial charge in [0, 0.05) is 32.7 Å². The van der Waals surface area contributed by atoms with Crippen LogP contribution < -0.4 is 0 Å². The average Bonchev–Trinajstić information content (AvgIpc) is 1.81. The molecule has 0 aromatic carbocycles. The maximum atomic E-state index is 2.33. The van der Waals surface area contributed by atoms with Gasteiger partial charge >= 0.3 is 0 Å². The Labute approximate surface area is 101 Å². The van der Waals surface area contributed by atoms with Crippen LogP contribution in [0.25, 0.3) is 0 Å². The summed E-state index contributed by atoms with van der Waals surface area (Å²) in [7, 11) is 0. The van der Waals surface area contributed by atoms with E-state index >= 15 is 0 Å². The SMILES string of the molecule is CC1=CC(C)(C)[CH-]C(C)=C1C.[Y]. The second-order valence-electron chi connectivity index (χ2n) is 4.10. The van der Waals surface area contributed by atoms with Crippen LogP contribution in [0, 0.1) is 11.8 Å². The normalized spacial score (nSPS) is 20.9. The Kier molecular flexibility index (Phi) is 4.26. The van der Waals surface area contributed by atoms with Crippen molar-refractivity contribution in [3.05, 3.63) is 29.2 Å². The van der Waals surface area contributed by atoms with E-state index in [9.17, 15) is 0 Å². The van der Waals surface area contributed by atoms with Gasteiger partial charge in [-0.15, -0.1) is 18.6 Å². The zero-order chi connectivity index (χ0) is 8.65. The molecule has 0 unspecified atom stereocenters. The number of hydrogen-bond acceptors (Lipinski definition) is 0. The monoisotopic (exact) mass is 238 g/mol. The van der Waals surface area contributed by atoms with E-state index in [2.05, 4.69) is 47.1 Å². The molecular weight excluding hydrogens is 221 g/mol. The van der Waals surface area contributed by atoms with Crippen LogP contribution in [0.15, 0.2) is 22.8 Å². The molecule has 0 aromatic heterocycles. The minimum absolute atomic E-state index is 0. The second-order valence-corrected chi connectivity index (χ2v) is 4.10. The molecule has 0 heterocycles. The first kappa shape index (κ1) is 12.5. The molecule has 0 bridgehead atoms. The molecule has 1 aliphatic rings. The van der Waals surface area contributed by atoms with Gasteiger partial charge < -0.3 is 0 Å². The molecule has 0 nitrogen and oxygen atoms in total. The van der Waals surface area contributed by atoms with E-state index < -0.39 is 0 Å². The van der Waals surface area contributed by atoms with Crippen LogP contribution in [0.2, 0.25) is 0 Å². The molecule has 65 valence electrons. The Balaban J connectivity index is 0.00000121. The van der Waals surface area contributed by atoms with E-state index in [1.807, 2.05) is 0 Å². The number of allylic oxidation sites excluding steroid dienone is 4. The van der Waals surface area contributed by atoms with Gasteiger partial charge in [0.25, 0.3) is 0 Å². The smallest absolute Gasteiger partial charge is 0 e. The number of rotatable bonds is 0. The van der Waals surface area contributed by atoms with Crippen molar-refractivity contribution < 1.29 is 32.7 Å². The Hall–Kier alpha value is 0.454. The first-order chi connectivity index (χ1) is 4.92. The number of hydrogen-bond donors (Lipinski definition) is 0. The van der Waals surface area contributed by atoms with Gasteiger partial charge in [0.15, 0.2) is 0 Å². The third-order valence-corrected chi connectivity index (χ3v) is 2.36. The summed E-state index contributed by atoms with van der Waals surface area (Å²) < 4.78 is 0. The van der Waals surface area contributed by atoms with Gasteiger partial charge in [0.05, 0.1) is 0 Å². The van der Waals surface area contributed by atoms with Gasteiger partial charge in [-0.2, -0.15) is 5.57 Å². The zero-order valence-electron chi connectivity index (χ0n) is 8.73. The van der Waals surface area contributed by atoms with Crippen LogP contribution in [0.4, 0.5) is 0 Å². The molecule has 12 heavy (non-hydrogen) atoms. The van der Waals surface area contributed by atoms with Crippen LogP contribution in [0.1, 0.15) is 34.6 Å². The molecule has 1 heteroatoms. The van der Waals surface area contributed by atoms with E-state index in [4.69, 9.17) is 0 Å². The molecule has 0 spiro atoms. The summed E-state index contributed by atoms with van der Waals surface area (Å²) >= 11 is 0. The third kappa shape index (κ3) is 2.74. The van der Waals surface area contributed by atoms with Crippen molar-refractivity contribution in [3.8, 4) is 0 Å². The van der Waals surface area contributed by atoms with Gasteiger partial charge in [-0.25, -0.2) is 12.0 Å². The summed E-state index contributed by atoms with van der Waals surface area (Å²) in [5.74, 6) is 0. The summed E-state index contributed by atoms with van der Waals surface area (Å²) in [6.45, 7) is 11.0. The van der Waals surface area contributed by atoms with Crippen molar-refractivity contribution in [1.82, 2.24) is 0 Å². The van der Waals surface area contributed by atoms with Gasteiger partial charge in [0.1, 0.15) is 0 Å². The van der Waals surface area contributed by atoms with Crippen molar-refractivity contribution in [1.29, 1.82) is 0 Å². The topological polar surface area (TPSA) is 0 Å². The van der Waals surface area contributed by atoms with E-state index in [0.29, 0.717) is 0 Å². The molecule has 0 fully saturated rings. The minimum Gasteiger partial charge on any atom is -0.218 e. The Bertz CT molecular complexity index is 231. The minimum atomic E-state index is 0. The van der Waals surface area contributed by atoms with Crippen molar-refractivity contribution in [3.63, 3.8) is 0 Å². The van der Waals surface area contributed by atoms with Crippen LogP contribution in [-0.4, -0.2) is 0 Å². The molecule has 1 rings (SSSR count). The molecule has 0 saturated heterocycles. The van der Waals surface area contributed by atoms with Crippen LogP contribution in [-0.2, 0) is 32.7 Å². The maximum absolute atomic E-state index is 2.33. The predicted octanol–water partition coefficient (Wildman–Crippen LogP) is 3.51. The molecule has 1 aliphatic carbocycles. The van der Waals surface area contributed by atoms with E-state index in [0.717, 1.165) is 0 Å². The quantitative estimate of drug-likeness (QED) is 0.566. The van der Waals surface area contributed by atoms with Gasteiger partial charge in [-0.1, -0.05) is 33.1 Å². The fourth-order valence-electron chi connectivity index (χ4n) is 1.69. The fourth-order valence-corrected chi connectivity index (χ4v) is 1.69. The van der Waals surface area contributed by atoms with E-state index in [-0.39, 0.29) is 38.1 Å². The summed E-state index contributed by atoms with van der Waals surface area (Å²) in [5.41, 5.74) is 4.54. The summed E-state index contributed by atoms with van der Waals surface area (Å²) in [6.07, 6.45) is 4.66. The first-order valence-electron chi connectivity index (χ1n) is 4.15. The van der Waals surface area contributed by atoms with Gasteiger partial charge in [0.2, 0.25) is 0 Å². The Morgan fingerprint density at radius 2 is 1.67 bits per heavy atom. The summed E-state index contributed by atoms with van der Waals surface area (Å²) in [4.78, 5) is 0. The van der Waals surface area contributed by atoms with Crippen molar-refractivity contribution in [2.24, 2.45) is 5.41 Å². The molecule has 0 N–H and O–H groups in total. The predicted molar refractivity (Wildman–Crippen MR) is 50.2 cm³/mol.